The van der Waals surface area contributed by atoms with Crippen molar-refractivity contribution in [2.24, 2.45) is 7.05 Å². The van der Waals surface area contributed by atoms with Crippen molar-refractivity contribution in [2.45, 2.75) is 44.4 Å². The highest BCUT2D eigenvalue weighted by molar-refractivity contribution is 5.72. The Morgan fingerprint density at radius 3 is 2.52 bits per heavy atom. The molecule has 0 aromatic carbocycles. The standard InChI is InChI=1S/C17H25N5O3/c1-21-16-14(8-18-21)17(23)20-15(19-16)11-22(9-12-4-2-6-24-12)10-13-5-3-7-25-13/h8,12-13H,2-7,9-11H2,1H3,(H,19,20,23). The lowest BCUT2D eigenvalue weighted by molar-refractivity contribution is 0.0336. The van der Waals surface area contributed by atoms with Gasteiger partial charge < -0.3 is 14.5 Å². The van der Waals surface area contributed by atoms with Gasteiger partial charge in [0.15, 0.2) is 5.65 Å². The van der Waals surface area contributed by atoms with Crippen LogP contribution >= 0.6 is 0 Å². The third kappa shape index (κ3) is 3.75. The van der Waals surface area contributed by atoms with Crippen molar-refractivity contribution < 1.29 is 9.47 Å². The molecule has 2 aliphatic rings. The summed E-state index contributed by atoms with van der Waals surface area (Å²) >= 11 is 0. The van der Waals surface area contributed by atoms with E-state index >= 15 is 0 Å². The molecular formula is C17H25N5O3. The molecule has 2 unspecified atom stereocenters. The average Bonchev–Trinajstić information content (AvgIpc) is 3.32. The maximum atomic E-state index is 12.3. The predicted molar refractivity (Wildman–Crippen MR) is 92.4 cm³/mol. The Balaban J connectivity index is 1.53. The van der Waals surface area contributed by atoms with Crippen molar-refractivity contribution >= 4 is 11.0 Å². The van der Waals surface area contributed by atoms with E-state index in [0.717, 1.165) is 52.0 Å². The van der Waals surface area contributed by atoms with E-state index in [2.05, 4.69) is 20.0 Å². The number of ether oxygens (including phenoxy) is 2. The lowest BCUT2D eigenvalue weighted by Gasteiger charge is -2.27. The average molecular weight is 347 g/mol. The molecule has 8 heteroatoms. The summed E-state index contributed by atoms with van der Waals surface area (Å²) in [6.07, 6.45) is 6.49. The van der Waals surface area contributed by atoms with Crippen LogP contribution in [0.25, 0.3) is 11.0 Å². The van der Waals surface area contributed by atoms with Crippen molar-refractivity contribution in [3.63, 3.8) is 0 Å². The summed E-state index contributed by atoms with van der Waals surface area (Å²) in [4.78, 5) is 22.1. The van der Waals surface area contributed by atoms with E-state index < -0.39 is 0 Å². The van der Waals surface area contributed by atoms with E-state index in [1.165, 1.54) is 0 Å². The highest BCUT2D eigenvalue weighted by Crippen LogP contribution is 2.18. The van der Waals surface area contributed by atoms with Gasteiger partial charge in [0.05, 0.1) is 24.9 Å². The lowest BCUT2D eigenvalue weighted by Crippen LogP contribution is -2.38. The Kier molecular flexibility index (Phi) is 4.82. The third-order valence-electron chi connectivity index (χ3n) is 5.00. The topological polar surface area (TPSA) is 85.3 Å². The fourth-order valence-electron chi connectivity index (χ4n) is 3.72. The number of fused-ring (bicyclic) bond motifs is 1. The summed E-state index contributed by atoms with van der Waals surface area (Å²) < 4.78 is 13.2. The van der Waals surface area contributed by atoms with E-state index in [4.69, 9.17) is 9.47 Å². The second-order valence-electron chi connectivity index (χ2n) is 6.98. The van der Waals surface area contributed by atoms with Gasteiger partial charge in [-0.3, -0.25) is 14.4 Å². The number of aryl methyl sites for hydroxylation is 1. The van der Waals surface area contributed by atoms with E-state index in [-0.39, 0.29) is 17.8 Å². The number of nitrogens with one attached hydrogen (secondary N) is 1. The molecule has 0 amide bonds. The van der Waals surface area contributed by atoms with Crippen molar-refractivity contribution in [3.8, 4) is 0 Å². The molecule has 0 saturated carbocycles. The van der Waals surface area contributed by atoms with Crippen LogP contribution in [0.3, 0.4) is 0 Å². The summed E-state index contributed by atoms with van der Waals surface area (Å²) in [6, 6.07) is 0. The minimum atomic E-state index is -0.137. The molecule has 136 valence electrons. The van der Waals surface area contributed by atoms with Gasteiger partial charge in [-0.05, 0) is 25.7 Å². The minimum absolute atomic E-state index is 0.137. The summed E-state index contributed by atoms with van der Waals surface area (Å²) in [5.41, 5.74) is 0.482. The summed E-state index contributed by atoms with van der Waals surface area (Å²) in [5.74, 6) is 0.664. The Hall–Kier alpha value is -1.77. The molecule has 2 atom stereocenters. The monoisotopic (exact) mass is 347 g/mol. The van der Waals surface area contributed by atoms with Crippen molar-refractivity contribution in [1.82, 2.24) is 24.6 Å². The van der Waals surface area contributed by atoms with Gasteiger partial charge in [-0.25, -0.2) is 4.98 Å². The van der Waals surface area contributed by atoms with Crippen molar-refractivity contribution in [3.05, 3.63) is 22.4 Å². The van der Waals surface area contributed by atoms with E-state index in [1.807, 2.05) is 0 Å². The first-order chi connectivity index (χ1) is 12.2. The van der Waals surface area contributed by atoms with Gasteiger partial charge in [0.1, 0.15) is 11.2 Å². The second-order valence-corrected chi connectivity index (χ2v) is 6.98. The third-order valence-corrected chi connectivity index (χ3v) is 5.00. The highest BCUT2D eigenvalue weighted by atomic mass is 16.5. The number of H-pyrrole nitrogens is 1. The molecule has 1 N–H and O–H groups in total. The maximum Gasteiger partial charge on any atom is 0.262 e. The van der Waals surface area contributed by atoms with Crippen LogP contribution in [0.1, 0.15) is 31.5 Å². The van der Waals surface area contributed by atoms with Crippen molar-refractivity contribution in [1.29, 1.82) is 0 Å². The lowest BCUT2D eigenvalue weighted by atomic mass is 10.2. The molecule has 0 aliphatic carbocycles. The van der Waals surface area contributed by atoms with Gasteiger partial charge in [-0.15, -0.1) is 0 Å². The Morgan fingerprint density at radius 1 is 1.24 bits per heavy atom. The number of aromatic nitrogens is 4. The van der Waals surface area contributed by atoms with Gasteiger partial charge >= 0.3 is 0 Å². The number of aromatic amines is 1. The molecule has 4 rings (SSSR count). The molecule has 8 nitrogen and oxygen atoms in total. The Bertz CT molecular complexity index is 756. The summed E-state index contributed by atoms with van der Waals surface area (Å²) in [7, 11) is 1.80. The first kappa shape index (κ1) is 16.7. The molecule has 0 spiro atoms. The SMILES string of the molecule is Cn1ncc2c(=O)[nH]c(CN(CC3CCCO3)CC3CCCO3)nc21. The smallest absolute Gasteiger partial charge is 0.262 e. The largest absolute Gasteiger partial charge is 0.377 e. The van der Waals surface area contributed by atoms with Gasteiger partial charge in [-0.1, -0.05) is 0 Å². The summed E-state index contributed by atoms with van der Waals surface area (Å²) in [5, 5.41) is 4.65. The van der Waals surface area contributed by atoms with Gasteiger partial charge in [-0.2, -0.15) is 5.10 Å². The maximum absolute atomic E-state index is 12.3. The van der Waals surface area contributed by atoms with Gasteiger partial charge in [0.25, 0.3) is 5.56 Å². The zero-order valence-corrected chi connectivity index (χ0v) is 14.6. The summed E-state index contributed by atoms with van der Waals surface area (Å²) in [6.45, 7) is 3.94. The molecule has 2 aromatic rings. The Morgan fingerprint density at radius 2 is 1.92 bits per heavy atom. The molecule has 2 saturated heterocycles. The molecule has 0 bridgehead atoms. The number of nitrogens with zero attached hydrogens (tertiary/aromatic N) is 4. The zero-order chi connectivity index (χ0) is 17.2. The molecule has 4 heterocycles. The van der Waals surface area contributed by atoms with Gasteiger partial charge in [0, 0.05) is 33.4 Å². The number of hydrogen-bond acceptors (Lipinski definition) is 6. The Labute approximate surface area is 146 Å². The molecule has 2 aromatic heterocycles. The molecule has 0 radical (unpaired) electrons. The van der Waals surface area contributed by atoms with Crippen molar-refractivity contribution in [2.75, 3.05) is 26.3 Å². The fraction of sp³-hybridized carbons (Fsp3) is 0.706. The van der Waals surface area contributed by atoms with Crippen LogP contribution in [0.15, 0.2) is 11.0 Å². The van der Waals surface area contributed by atoms with Crippen LogP contribution in [0.2, 0.25) is 0 Å². The molecule has 2 aliphatic heterocycles. The van der Waals surface area contributed by atoms with Crippen LogP contribution in [-0.4, -0.2) is 63.2 Å². The molecular weight excluding hydrogens is 322 g/mol. The van der Waals surface area contributed by atoms with Gasteiger partial charge in [0.2, 0.25) is 0 Å². The molecule has 2 fully saturated rings. The van der Waals surface area contributed by atoms with E-state index in [0.29, 0.717) is 23.4 Å². The minimum Gasteiger partial charge on any atom is -0.377 e. The number of rotatable bonds is 6. The van der Waals surface area contributed by atoms with E-state index in [1.54, 1.807) is 17.9 Å². The van der Waals surface area contributed by atoms with Crippen LogP contribution in [-0.2, 0) is 23.1 Å². The quantitative estimate of drug-likeness (QED) is 0.833. The first-order valence-corrected chi connectivity index (χ1v) is 9.05. The molecule has 25 heavy (non-hydrogen) atoms. The van der Waals surface area contributed by atoms with Crippen LogP contribution in [0.4, 0.5) is 0 Å². The predicted octanol–water partition coefficient (Wildman–Crippen LogP) is 0.817. The normalized spacial score (nSPS) is 23.9. The fourth-order valence-corrected chi connectivity index (χ4v) is 3.72. The number of hydrogen-bond donors (Lipinski definition) is 1. The first-order valence-electron chi connectivity index (χ1n) is 9.05. The van der Waals surface area contributed by atoms with Crippen LogP contribution in [0.5, 0.6) is 0 Å². The van der Waals surface area contributed by atoms with Crippen LogP contribution < -0.4 is 5.56 Å². The highest BCUT2D eigenvalue weighted by Gasteiger charge is 2.24. The van der Waals surface area contributed by atoms with Crippen LogP contribution in [0, 0.1) is 0 Å². The zero-order valence-electron chi connectivity index (χ0n) is 14.6. The second kappa shape index (κ2) is 7.23. The van der Waals surface area contributed by atoms with E-state index in [9.17, 15) is 4.79 Å².